The molecule has 0 bridgehead atoms. The van der Waals surface area contributed by atoms with E-state index < -0.39 is 0 Å². The van der Waals surface area contributed by atoms with E-state index in [4.69, 9.17) is 4.74 Å². The summed E-state index contributed by atoms with van der Waals surface area (Å²) in [5.74, 6) is -0.305. The minimum atomic E-state index is -0.381. The molecule has 0 fully saturated rings. The Labute approximate surface area is 159 Å². The smallest absolute Gasteiger partial charge is 0.339 e. The Morgan fingerprint density at radius 1 is 0.846 bits per heavy atom. The highest BCUT2D eigenvalue weighted by Crippen LogP contribution is 2.14. The van der Waals surface area contributed by atoms with E-state index in [1.807, 2.05) is 0 Å². The molecule has 0 aromatic carbocycles. The Morgan fingerprint density at radius 3 is 1.92 bits per heavy atom. The summed E-state index contributed by atoms with van der Waals surface area (Å²) in [6, 6.07) is 1.60. The van der Waals surface area contributed by atoms with E-state index in [1.165, 1.54) is 64.2 Å². The summed E-state index contributed by atoms with van der Waals surface area (Å²) in [5, 5.41) is 0. The quantitative estimate of drug-likeness (QED) is 0.208. The molecule has 0 amide bonds. The number of carbonyl (C=O) groups excluding carboxylic acids is 2. The van der Waals surface area contributed by atoms with Gasteiger partial charge < -0.3 is 9.72 Å². The zero-order valence-corrected chi connectivity index (χ0v) is 16.8. The summed E-state index contributed by atoms with van der Waals surface area (Å²) >= 11 is 0. The van der Waals surface area contributed by atoms with Crippen LogP contribution in [0.3, 0.4) is 0 Å². The van der Waals surface area contributed by atoms with Crippen molar-refractivity contribution >= 4 is 11.8 Å². The number of ketones is 1. The number of aromatic nitrogens is 1. The number of aromatic amines is 1. The molecule has 0 aliphatic heterocycles. The number of nitrogens with one attached hydrogen (secondary N) is 1. The molecule has 0 unspecified atom stereocenters. The van der Waals surface area contributed by atoms with Gasteiger partial charge in [-0.1, -0.05) is 77.6 Å². The monoisotopic (exact) mass is 363 g/mol. The molecule has 0 spiro atoms. The minimum absolute atomic E-state index is 0.0765. The molecular weight excluding hydrogens is 326 g/mol. The van der Waals surface area contributed by atoms with Crippen LogP contribution in [-0.2, 0) is 4.74 Å². The van der Waals surface area contributed by atoms with Crippen molar-refractivity contribution in [3.05, 3.63) is 23.5 Å². The van der Waals surface area contributed by atoms with Crippen molar-refractivity contribution < 1.29 is 14.3 Å². The maximum Gasteiger partial charge on any atom is 0.339 e. The van der Waals surface area contributed by atoms with Gasteiger partial charge in [0.05, 0.1) is 17.9 Å². The lowest BCUT2D eigenvalue weighted by molar-refractivity contribution is 0.0526. The van der Waals surface area contributed by atoms with Gasteiger partial charge in [0.1, 0.15) is 0 Å². The van der Waals surface area contributed by atoms with Gasteiger partial charge in [-0.2, -0.15) is 0 Å². The SMILES string of the molecule is CCCCCCCCCCCCCCC(=O)c1cc(C(=O)OCC)c[nH]1. The Balaban J connectivity index is 2.01. The van der Waals surface area contributed by atoms with Crippen molar-refractivity contribution in [3.8, 4) is 0 Å². The zero-order valence-electron chi connectivity index (χ0n) is 16.8. The molecule has 0 radical (unpaired) electrons. The van der Waals surface area contributed by atoms with Crippen molar-refractivity contribution in [1.82, 2.24) is 4.98 Å². The average molecular weight is 364 g/mol. The van der Waals surface area contributed by atoms with Gasteiger partial charge >= 0.3 is 5.97 Å². The van der Waals surface area contributed by atoms with E-state index in [9.17, 15) is 9.59 Å². The molecule has 1 heterocycles. The molecule has 0 aliphatic rings. The van der Waals surface area contributed by atoms with Gasteiger partial charge in [-0.25, -0.2) is 4.79 Å². The molecule has 4 nitrogen and oxygen atoms in total. The second-order valence-electron chi connectivity index (χ2n) is 7.08. The van der Waals surface area contributed by atoms with Crippen LogP contribution in [0.25, 0.3) is 0 Å². The molecule has 1 N–H and O–H groups in total. The molecule has 1 rings (SSSR count). The number of unbranched alkanes of at least 4 members (excludes halogenated alkanes) is 11. The lowest BCUT2D eigenvalue weighted by Crippen LogP contribution is -2.03. The third kappa shape index (κ3) is 9.79. The minimum Gasteiger partial charge on any atom is -0.462 e. The number of H-pyrrole nitrogens is 1. The molecule has 0 saturated carbocycles. The highest BCUT2D eigenvalue weighted by atomic mass is 16.5. The second-order valence-corrected chi connectivity index (χ2v) is 7.08. The molecule has 4 heteroatoms. The lowest BCUT2D eigenvalue weighted by atomic mass is 10.0. The third-order valence-corrected chi connectivity index (χ3v) is 4.75. The fraction of sp³-hybridized carbons (Fsp3) is 0.727. The summed E-state index contributed by atoms with van der Waals surface area (Å²) in [6.45, 7) is 4.36. The number of hydrogen-bond donors (Lipinski definition) is 1. The molecule has 26 heavy (non-hydrogen) atoms. The Kier molecular flexibility index (Phi) is 12.6. The average Bonchev–Trinajstić information content (AvgIpc) is 3.13. The fourth-order valence-corrected chi connectivity index (χ4v) is 3.15. The van der Waals surface area contributed by atoms with Crippen LogP contribution in [0.1, 0.15) is 118 Å². The summed E-state index contributed by atoms with van der Waals surface area (Å²) in [5.41, 5.74) is 0.932. The van der Waals surface area contributed by atoms with Crippen LogP contribution < -0.4 is 0 Å². The Bertz CT molecular complexity index is 507. The second kappa shape index (κ2) is 14.6. The molecule has 1 aromatic heterocycles. The molecule has 0 aliphatic carbocycles. The van der Waals surface area contributed by atoms with Crippen LogP contribution in [-0.4, -0.2) is 23.3 Å². The number of ether oxygens (including phenoxy) is 1. The van der Waals surface area contributed by atoms with E-state index in [0.717, 1.165) is 12.8 Å². The van der Waals surface area contributed by atoms with Crippen LogP contribution in [0.5, 0.6) is 0 Å². The van der Waals surface area contributed by atoms with Gasteiger partial charge in [-0.05, 0) is 19.4 Å². The molecule has 1 aromatic rings. The van der Waals surface area contributed by atoms with Crippen molar-refractivity contribution in [3.63, 3.8) is 0 Å². The largest absolute Gasteiger partial charge is 0.462 e. The van der Waals surface area contributed by atoms with Crippen molar-refractivity contribution in [2.24, 2.45) is 0 Å². The first-order valence-corrected chi connectivity index (χ1v) is 10.6. The first-order valence-electron chi connectivity index (χ1n) is 10.6. The van der Waals surface area contributed by atoms with Crippen LogP contribution in [0.15, 0.2) is 12.3 Å². The van der Waals surface area contributed by atoms with Gasteiger partial charge in [0.25, 0.3) is 0 Å². The summed E-state index contributed by atoms with van der Waals surface area (Å²) in [4.78, 5) is 26.6. The lowest BCUT2D eigenvalue weighted by Gasteiger charge is -2.02. The first kappa shape index (κ1) is 22.5. The Hall–Kier alpha value is -1.58. The normalized spacial score (nSPS) is 10.8. The summed E-state index contributed by atoms with van der Waals surface area (Å²) < 4.78 is 4.93. The van der Waals surface area contributed by atoms with Gasteiger partial charge in [-0.3, -0.25) is 4.79 Å². The van der Waals surface area contributed by atoms with Gasteiger partial charge in [0.15, 0.2) is 5.78 Å². The molecular formula is C22H37NO3. The molecule has 148 valence electrons. The predicted molar refractivity (Wildman–Crippen MR) is 107 cm³/mol. The number of carbonyl (C=O) groups is 2. The number of rotatable bonds is 16. The van der Waals surface area contributed by atoms with Crippen LogP contribution in [0.4, 0.5) is 0 Å². The van der Waals surface area contributed by atoms with Crippen LogP contribution >= 0.6 is 0 Å². The summed E-state index contributed by atoms with van der Waals surface area (Å²) in [6.07, 6.45) is 17.5. The molecule has 0 saturated heterocycles. The van der Waals surface area contributed by atoms with Gasteiger partial charge in [0.2, 0.25) is 0 Å². The van der Waals surface area contributed by atoms with Crippen LogP contribution in [0, 0.1) is 0 Å². The number of esters is 1. The van der Waals surface area contributed by atoms with Gasteiger partial charge in [-0.15, -0.1) is 0 Å². The first-order chi connectivity index (χ1) is 12.7. The van der Waals surface area contributed by atoms with Crippen molar-refractivity contribution in [1.29, 1.82) is 0 Å². The summed E-state index contributed by atoms with van der Waals surface area (Å²) in [7, 11) is 0. The Morgan fingerprint density at radius 2 is 1.38 bits per heavy atom. The topological polar surface area (TPSA) is 59.2 Å². The zero-order chi connectivity index (χ0) is 19.0. The maximum absolute atomic E-state index is 12.1. The highest BCUT2D eigenvalue weighted by Gasteiger charge is 2.13. The van der Waals surface area contributed by atoms with Crippen molar-refractivity contribution in [2.75, 3.05) is 6.61 Å². The van der Waals surface area contributed by atoms with E-state index in [0.29, 0.717) is 24.3 Å². The molecule has 0 atom stereocenters. The number of Topliss-reactive ketones (excluding diaryl/α,β-unsaturated/α-hetero) is 1. The third-order valence-electron chi connectivity index (χ3n) is 4.75. The van der Waals surface area contributed by atoms with E-state index in [1.54, 1.807) is 19.2 Å². The fourth-order valence-electron chi connectivity index (χ4n) is 3.15. The maximum atomic E-state index is 12.1. The number of hydrogen-bond acceptors (Lipinski definition) is 3. The van der Waals surface area contributed by atoms with E-state index in [-0.39, 0.29) is 11.8 Å². The van der Waals surface area contributed by atoms with Crippen LogP contribution in [0.2, 0.25) is 0 Å². The predicted octanol–water partition coefficient (Wildman–Crippen LogP) is 6.47. The van der Waals surface area contributed by atoms with Gasteiger partial charge in [0, 0.05) is 12.6 Å². The van der Waals surface area contributed by atoms with Crippen molar-refractivity contribution in [2.45, 2.75) is 97.3 Å². The van der Waals surface area contributed by atoms with E-state index >= 15 is 0 Å². The van der Waals surface area contributed by atoms with E-state index in [2.05, 4.69) is 11.9 Å². The highest BCUT2D eigenvalue weighted by molar-refractivity contribution is 5.98. The standard InChI is InChI=1S/C22H37NO3/c1-3-5-6-7-8-9-10-11-12-13-14-15-16-21(24)20-17-19(18-23-20)22(25)26-4-2/h17-18,23H,3-16H2,1-2H3.